The normalized spacial score (nSPS) is 12.1. The van der Waals surface area contributed by atoms with Gasteiger partial charge in [-0.3, -0.25) is 9.59 Å². The van der Waals surface area contributed by atoms with Crippen LogP contribution in [0, 0.1) is 5.82 Å². The molecule has 0 fully saturated rings. The van der Waals surface area contributed by atoms with Crippen molar-refractivity contribution in [1.82, 2.24) is 15.3 Å². The van der Waals surface area contributed by atoms with Crippen LogP contribution >= 0.6 is 0 Å². The third-order valence-corrected chi connectivity index (χ3v) is 4.39. The van der Waals surface area contributed by atoms with Gasteiger partial charge in [0, 0.05) is 6.54 Å². The molecule has 1 amide bonds. The first-order valence-corrected chi connectivity index (χ1v) is 8.88. The number of para-hydroxylation sites is 1. The Morgan fingerprint density at radius 2 is 1.93 bits per heavy atom. The number of quaternary nitrogens is 1. The van der Waals surface area contributed by atoms with Crippen molar-refractivity contribution >= 4 is 16.8 Å². The predicted molar refractivity (Wildman–Crippen MR) is 101 cm³/mol. The van der Waals surface area contributed by atoms with Crippen LogP contribution in [0.25, 0.3) is 10.9 Å². The van der Waals surface area contributed by atoms with Crippen molar-refractivity contribution < 1.29 is 14.1 Å². The van der Waals surface area contributed by atoms with E-state index in [1.54, 1.807) is 30.3 Å². The molecule has 140 valence electrons. The van der Waals surface area contributed by atoms with Crippen LogP contribution in [0.2, 0.25) is 0 Å². The van der Waals surface area contributed by atoms with Crippen molar-refractivity contribution in [1.29, 1.82) is 0 Å². The van der Waals surface area contributed by atoms with Gasteiger partial charge in [-0.25, -0.2) is 9.37 Å². The lowest BCUT2D eigenvalue weighted by Crippen LogP contribution is -3.11. The quantitative estimate of drug-likeness (QED) is 0.576. The van der Waals surface area contributed by atoms with Gasteiger partial charge in [-0.2, -0.15) is 0 Å². The van der Waals surface area contributed by atoms with Crippen molar-refractivity contribution in [3.8, 4) is 0 Å². The lowest BCUT2D eigenvalue weighted by molar-refractivity contribution is -0.904. The molecule has 0 aliphatic heterocycles. The molecule has 3 N–H and O–H groups in total. The number of nitrogens with zero attached hydrogens (tertiary/aromatic N) is 1. The molecule has 3 aromatic rings. The highest BCUT2D eigenvalue weighted by Crippen LogP contribution is 2.05. The number of fused-ring (bicyclic) bond motifs is 1. The molecule has 0 bridgehead atoms. The topological polar surface area (TPSA) is 79.3 Å². The Bertz CT molecular complexity index is 985. The molecule has 1 unspecified atom stereocenters. The highest BCUT2D eigenvalue weighted by molar-refractivity contribution is 5.77. The van der Waals surface area contributed by atoms with Gasteiger partial charge in [0.05, 0.1) is 17.4 Å². The number of carbonyl (C=O) groups excluding carboxylic acids is 1. The maximum Gasteiger partial charge on any atom is 0.275 e. The van der Waals surface area contributed by atoms with E-state index in [1.165, 1.54) is 12.1 Å². The number of hydrogen-bond acceptors (Lipinski definition) is 3. The lowest BCUT2D eigenvalue weighted by atomic mass is 10.2. The molecule has 27 heavy (non-hydrogen) atoms. The van der Waals surface area contributed by atoms with E-state index in [1.807, 2.05) is 13.0 Å². The van der Waals surface area contributed by atoms with Crippen LogP contribution in [0.4, 0.5) is 4.39 Å². The van der Waals surface area contributed by atoms with E-state index in [0.717, 1.165) is 10.5 Å². The number of aromatic amines is 1. The molecule has 0 radical (unpaired) electrons. The van der Waals surface area contributed by atoms with Crippen molar-refractivity contribution in [2.45, 2.75) is 20.0 Å². The van der Waals surface area contributed by atoms with E-state index in [0.29, 0.717) is 36.4 Å². The maximum absolute atomic E-state index is 12.9. The second-order valence-corrected chi connectivity index (χ2v) is 6.39. The van der Waals surface area contributed by atoms with Crippen LogP contribution in [0.3, 0.4) is 0 Å². The van der Waals surface area contributed by atoms with Gasteiger partial charge in [-0.1, -0.05) is 24.3 Å². The van der Waals surface area contributed by atoms with Gasteiger partial charge in [0.25, 0.3) is 11.5 Å². The minimum absolute atomic E-state index is 0.112. The molecule has 0 aliphatic carbocycles. The zero-order valence-electron chi connectivity index (χ0n) is 15.1. The molecule has 0 saturated carbocycles. The first-order valence-electron chi connectivity index (χ1n) is 8.88. The molecule has 1 aromatic heterocycles. The third kappa shape index (κ3) is 4.98. The Balaban J connectivity index is 1.61. The zero-order chi connectivity index (χ0) is 19.2. The predicted octanol–water partition coefficient (Wildman–Crippen LogP) is 0.783. The van der Waals surface area contributed by atoms with Crippen LogP contribution in [-0.2, 0) is 17.9 Å². The average molecular weight is 369 g/mol. The number of halogens is 1. The molecule has 0 spiro atoms. The Labute approximate surface area is 156 Å². The van der Waals surface area contributed by atoms with Crippen molar-refractivity contribution in [2.75, 3.05) is 13.1 Å². The minimum atomic E-state index is -0.302. The van der Waals surface area contributed by atoms with Gasteiger partial charge < -0.3 is 15.2 Å². The average Bonchev–Trinajstić information content (AvgIpc) is 2.67. The smallest absolute Gasteiger partial charge is 0.275 e. The molecule has 0 saturated heterocycles. The van der Waals surface area contributed by atoms with Gasteiger partial charge in [0.15, 0.2) is 12.4 Å². The molecule has 1 heterocycles. The van der Waals surface area contributed by atoms with E-state index < -0.39 is 0 Å². The number of nitrogens with one attached hydrogen (secondary N) is 3. The fourth-order valence-electron chi connectivity index (χ4n) is 2.86. The summed E-state index contributed by atoms with van der Waals surface area (Å²) in [7, 11) is 0. The fourth-order valence-corrected chi connectivity index (χ4v) is 2.86. The number of carbonyl (C=O) groups is 1. The summed E-state index contributed by atoms with van der Waals surface area (Å²) in [5.41, 5.74) is 1.31. The standard InChI is InChI=1S/C20H21FN4O2/c1-2-25(13-19(26)22-11-14-7-9-15(21)10-8-14)12-18-23-17-6-4-3-5-16(17)20(27)24-18/h3-10H,2,11-13H2,1H3,(H,22,26)(H,23,24,27)/p+1. The largest absolute Gasteiger partial charge is 0.347 e. The van der Waals surface area contributed by atoms with E-state index >= 15 is 0 Å². The van der Waals surface area contributed by atoms with Crippen LogP contribution in [0.15, 0.2) is 53.3 Å². The van der Waals surface area contributed by atoms with Crippen LogP contribution in [0.5, 0.6) is 0 Å². The summed E-state index contributed by atoms with van der Waals surface area (Å²) in [6.45, 7) is 3.73. The van der Waals surface area contributed by atoms with E-state index in [4.69, 9.17) is 0 Å². The van der Waals surface area contributed by atoms with Gasteiger partial charge in [-0.15, -0.1) is 0 Å². The van der Waals surface area contributed by atoms with Gasteiger partial charge in [0.2, 0.25) is 0 Å². The number of rotatable bonds is 7. The Morgan fingerprint density at radius 1 is 1.19 bits per heavy atom. The molecule has 7 heteroatoms. The highest BCUT2D eigenvalue weighted by atomic mass is 19.1. The van der Waals surface area contributed by atoms with Crippen LogP contribution in [-0.4, -0.2) is 29.0 Å². The summed E-state index contributed by atoms with van der Waals surface area (Å²) in [5, 5.41) is 3.39. The first kappa shape index (κ1) is 18.7. The summed E-state index contributed by atoms with van der Waals surface area (Å²) in [4.78, 5) is 32.7. The summed E-state index contributed by atoms with van der Waals surface area (Å²) in [6, 6.07) is 13.2. The Hall–Kier alpha value is -3.06. The Kier molecular flexibility index (Phi) is 5.93. The first-order chi connectivity index (χ1) is 13.0. The second-order valence-electron chi connectivity index (χ2n) is 6.39. The van der Waals surface area contributed by atoms with Crippen molar-refractivity contribution in [3.63, 3.8) is 0 Å². The van der Waals surface area contributed by atoms with Crippen LogP contribution in [0.1, 0.15) is 18.3 Å². The maximum atomic E-state index is 12.9. The zero-order valence-corrected chi connectivity index (χ0v) is 15.1. The summed E-state index contributed by atoms with van der Waals surface area (Å²) in [6.07, 6.45) is 0. The highest BCUT2D eigenvalue weighted by Gasteiger charge is 2.15. The monoisotopic (exact) mass is 369 g/mol. The molecule has 1 atom stereocenters. The van der Waals surface area contributed by atoms with Gasteiger partial charge in [-0.05, 0) is 36.8 Å². The molecular weight excluding hydrogens is 347 g/mol. The third-order valence-electron chi connectivity index (χ3n) is 4.39. The summed E-state index contributed by atoms with van der Waals surface area (Å²) < 4.78 is 12.9. The lowest BCUT2D eigenvalue weighted by Gasteiger charge is -2.17. The Morgan fingerprint density at radius 3 is 2.67 bits per heavy atom. The second kappa shape index (κ2) is 8.55. The molecular formula is C20H22FN4O2+. The van der Waals surface area contributed by atoms with E-state index in [-0.39, 0.29) is 23.8 Å². The number of amides is 1. The molecule has 6 nitrogen and oxygen atoms in total. The molecule has 3 rings (SSSR count). The van der Waals surface area contributed by atoms with E-state index in [2.05, 4.69) is 15.3 Å². The number of H-pyrrole nitrogens is 1. The SMILES string of the molecule is CC[NH+](CC(=O)NCc1ccc(F)cc1)Cc1nc2ccccc2c(=O)[nH]1. The van der Waals surface area contributed by atoms with E-state index in [9.17, 15) is 14.0 Å². The van der Waals surface area contributed by atoms with Gasteiger partial charge >= 0.3 is 0 Å². The number of likely N-dealkylation sites (N-methyl/N-ethyl adjacent to an activating group) is 1. The van der Waals surface area contributed by atoms with Crippen molar-refractivity contribution in [3.05, 3.63) is 76.1 Å². The van der Waals surface area contributed by atoms with Crippen LogP contribution < -0.4 is 15.8 Å². The molecule has 2 aromatic carbocycles. The number of aromatic nitrogens is 2. The minimum Gasteiger partial charge on any atom is -0.347 e. The van der Waals surface area contributed by atoms with Gasteiger partial charge in [0.1, 0.15) is 12.4 Å². The summed E-state index contributed by atoms with van der Waals surface area (Å²) >= 11 is 0. The number of benzene rings is 2. The summed E-state index contributed by atoms with van der Waals surface area (Å²) in [5.74, 6) is 0.143. The molecule has 0 aliphatic rings. The number of hydrogen-bond donors (Lipinski definition) is 3. The fraction of sp³-hybridized carbons (Fsp3) is 0.250. The van der Waals surface area contributed by atoms with Crippen molar-refractivity contribution in [2.24, 2.45) is 0 Å².